The first-order valence-corrected chi connectivity index (χ1v) is 11.9. The molecule has 1 fully saturated rings. The van der Waals surface area contributed by atoms with Crippen LogP contribution in [0.2, 0.25) is 0 Å². The smallest absolute Gasteiger partial charge is 0.248 e. The Morgan fingerprint density at radius 3 is 2.81 bits per heavy atom. The molecular formula is C26H32N4O2. The van der Waals surface area contributed by atoms with Gasteiger partial charge in [-0.1, -0.05) is 19.8 Å². The van der Waals surface area contributed by atoms with E-state index in [2.05, 4.69) is 53.6 Å². The number of fused-ring (bicyclic) bond motifs is 3. The van der Waals surface area contributed by atoms with Gasteiger partial charge < -0.3 is 15.1 Å². The molecule has 0 radical (unpaired) electrons. The van der Waals surface area contributed by atoms with E-state index >= 15 is 0 Å². The van der Waals surface area contributed by atoms with Gasteiger partial charge in [-0.05, 0) is 74.1 Å². The molecule has 5 rings (SSSR count). The minimum atomic E-state index is 0.0412. The van der Waals surface area contributed by atoms with Gasteiger partial charge in [0.25, 0.3) is 0 Å². The summed E-state index contributed by atoms with van der Waals surface area (Å²) in [7, 11) is 0. The number of amides is 1. The number of carbonyl (C=O) groups is 1. The molecule has 0 spiro atoms. The highest BCUT2D eigenvalue weighted by Gasteiger charge is 2.30. The first kappa shape index (κ1) is 21.0. The van der Waals surface area contributed by atoms with Gasteiger partial charge in [-0.25, -0.2) is 10.4 Å². The Bertz CT molecular complexity index is 1070. The van der Waals surface area contributed by atoms with Crippen LogP contribution < -0.4 is 20.5 Å². The van der Waals surface area contributed by atoms with Gasteiger partial charge >= 0.3 is 0 Å². The lowest BCUT2D eigenvalue weighted by molar-refractivity contribution is -0.118. The quantitative estimate of drug-likeness (QED) is 0.698. The van der Waals surface area contributed by atoms with Crippen molar-refractivity contribution >= 4 is 17.2 Å². The lowest BCUT2D eigenvalue weighted by atomic mass is 9.88. The highest BCUT2D eigenvalue weighted by molar-refractivity contribution is 6.06. The molecular weight excluding hydrogens is 400 g/mol. The monoisotopic (exact) mass is 432 g/mol. The lowest BCUT2D eigenvalue weighted by Gasteiger charge is -2.24. The van der Waals surface area contributed by atoms with Crippen LogP contribution in [0.1, 0.15) is 75.1 Å². The molecule has 3 heterocycles. The second-order valence-electron chi connectivity index (χ2n) is 9.24. The fourth-order valence-electron chi connectivity index (χ4n) is 5.22. The van der Waals surface area contributed by atoms with Crippen LogP contribution in [0.4, 0.5) is 5.69 Å². The predicted molar refractivity (Wildman–Crippen MR) is 126 cm³/mol. The van der Waals surface area contributed by atoms with Gasteiger partial charge in [-0.2, -0.15) is 0 Å². The summed E-state index contributed by atoms with van der Waals surface area (Å²) in [6, 6.07) is 9.04. The van der Waals surface area contributed by atoms with Crippen LogP contribution in [0, 0.1) is 0 Å². The van der Waals surface area contributed by atoms with Gasteiger partial charge in [0.1, 0.15) is 6.61 Å². The van der Waals surface area contributed by atoms with Crippen molar-refractivity contribution in [2.24, 2.45) is 0 Å². The van der Waals surface area contributed by atoms with E-state index in [0.29, 0.717) is 24.9 Å². The largest absolute Gasteiger partial charge is 0.472 e. The van der Waals surface area contributed by atoms with Crippen LogP contribution in [0.3, 0.4) is 0 Å². The number of hydrogen-bond acceptors (Lipinski definition) is 5. The zero-order chi connectivity index (χ0) is 22.2. The molecule has 6 heteroatoms. The second-order valence-corrected chi connectivity index (χ2v) is 9.24. The maximum absolute atomic E-state index is 13.5. The first-order chi connectivity index (χ1) is 15.6. The topological polar surface area (TPSA) is 66.5 Å². The number of aromatic nitrogens is 1. The van der Waals surface area contributed by atoms with Gasteiger partial charge in [0.15, 0.2) is 0 Å². The Hall–Kier alpha value is -2.86. The van der Waals surface area contributed by atoms with E-state index in [-0.39, 0.29) is 11.9 Å². The van der Waals surface area contributed by atoms with Crippen LogP contribution in [0.5, 0.6) is 5.88 Å². The number of nitrogens with one attached hydrogen (secondary N) is 2. The number of carbonyl (C=O) groups excluding carboxylic acids is 1. The molecule has 6 nitrogen and oxygen atoms in total. The number of nitrogens with zero attached hydrogens (tertiary/aromatic N) is 2. The zero-order valence-electron chi connectivity index (χ0n) is 19.2. The average molecular weight is 433 g/mol. The maximum atomic E-state index is 13.5. The van der Waals surface area contributed by atoms with Crippen molar-refractivity contribution < 1.29 is 9.53 Å². The molecule has 0 unspecified atom stereocenters. The van der Waals surface area contributed by atoms with E-state index in [4.69, 9.17) is 4.74 Å². The molecule has 0 saturated heterocycles. The van der Waals surface area contributed by atoms with E-state index in [1.165, 1.54) is 24.1 Å². The average Bonchev–Trinajstić information content (AvgIpc) is 3.41. The van der Waals surface area contributed by atoms with E-state index in [1.54, 1.807) is 6.20 Å². The van der Waals surface area contributed by atoms with E-state index < -0.39 is 0 Å². The van der Waals surface area contributed by atoms with Crippen molar-refractivity contribution in [1.82, 2.24) is 15.7 Å². The Kier molecular flexibility index (Phi) is 5.64. The second kappa shape index (κ2) is 8.58. The minimum absolute atomic E-state index is 0.0412. The number of hydrogen-bond donors (Lipinski definition) is 2. The fourth-order valence-corrected chi connectivity index (χ4v) is 5.22. The highest BCUT2D eigenvalue weighted by atomic mass is 16.5. The molecule has 3 aliphatic rings. The van der Waals surface area contributed by atoms with Crippen LogP contribution >= 0.6 is 0 Å². The van der Waals surface area contributed by atoms with Crippen molar-refractivity contribution in [1.29, 1.82) is 0 Å². The molecule has 0 bridgehead atoms. The fraction of sp³-hybridized carbons (Fsp3) is 0.462. The summed E-state index contributed by atoms with van der Waals surface area (Å²) >= 11 is 0. The van der Waals surface area contributed by atoms with Crippen LogP contribution in [-0.4, -0.2) is 23.0 Å². The molecule has 1 amide bonds. The molecule has 1 aromatic carbocycles. The number of hydrazine groups is 1. The van der Waals surface area contributed by atoms with Crippen LogP contribution in [-0.2, 0) is 17.9 Å². The molecule has 0 atom stereocenters. The zero-order valence-corrected chi connectivity index (χ0v) is 19.2. The number of pyridine rings is 1. The summed E-state index contributed by atoms with van der Waals surface area (Å²) < 4.78 is 6.15. The molecule has 2 aromatic rings. The lowest BCUT2D eigenvalue weighted by Crippen LogP contribution is -2.38. The van der Waals surface area contributed by atoms with Gasteiger partial charge in [-0.15, -0.1) is 0 Å². The summed E-state index contributed by atoms with van der Waals surface area (Å²) in [6.07, 6.45) is 6.92. The number of anilines is 1. The summed E-state index contributed by atoms with van der Waals surface area (Å²) in [5.41, 5.74) is 10.8. The molecule has 2 aliphatic heterocycles. The number of ether oxygens (including phenoxy) is 1. The van der Waals surface area contributed by atoms with Crippen LogP contribution in [0.25, 0.3) is 5.57 Å². The van der Waals surface area contributed by atoms with E-state index in [1.807, 2.05) is 12.1 Å². The number of benzene rings is 1. The van der Waals surface area contributed by atoms with E-state index in [9.17, 15) is 4.79 Å². The van der Waals surface area contributed by atoms with E-state index in [0.717, 1.165) is 47.2 Å². The van der Waals surface area contributed by atoms with Crippen molar-refractivity contribution in [3.05, 3.63) is 58.3 Å². The third kappa shape index (κ3) is 3.66. The SMILES string of the molecule is CCC(C(=O)NC1CCCC1)=C1c2cc3c(cc2COc2ncccc21)N(C(C)C)NC3. The third-order valence-corrected chi connectivity index (χ3v) is 6.81. The summed E-state index contributed by atoms with van der Waals surface area (Å²) in [5, 5.41) is 5.52. The Balaban J connectivity index is 1.67. The van der Waals surface area contributed by atoms with Crippen LogP contribution in [0.15, 0.2) is 36.0 Å². The summed E-state index contributed by atoms with van der Waals surface area (Å²) in [5.74, 6) is 0.636. The molecule has 1 aromatic heterocycles. The standard InChI is InChI=1S/C26H32N4O2/c1-4-20(25(31)29-19-8-5-6-9-19)24-21-10-7-11-27-26(21)32-15-18-13-23-17(12-22(18)24)14-28-30(23)16(2)3/h7,10-13,16,19,28H,4-6,8-9,14-15H2,1-3H3,(H,29,31). The Morgan fingerprint density at radius 2 is 2.06 bits per heavy atom. The third-order valence-electron chi connectivity index (χ3n) is 6.81. The first-order valence-electron chi connectivity index (χ1n) is 11.9. The molecule has 168 valence electrons. The summed E-state index contributed by atoms with van der Waals surface area (Å²) in [6.45, 7) is 7.64. The van der Waals surface area contributed by atoms with Crippen molar-refractivity contribution in [2.45, 2.75) is 78.1 Å². The molecule has 32 heavy (non-hydrogen) atoms. The number of rotatable bonds is 4. The van der Waals surface area contributed by atoms with Gasteiger partial charge in [0, 0.05) is 41.5 Å². The normalized spacial score (nSPS) is 19.2. The Morgan fingerprint density at radius 1 is 1.25 bits per heavy atom. The van der Waals surface area contributed by atoms with Crippen molar-refractivity contribution in [3.63, 3.8) is 0 Å². The summed E-state index contributed by atoms with van der Waals surface area (Å²) in [4.78, 5) is 18.0. The predicted octanol–water partition coefficient (Wildman–Crippen LogP) is 4.48. The van der Waals surface area contributed by atoms with Gasteiger partial charge in [0.05, 0.1) is 5.69 Å². The molecule has 1 aliphatic carbocycles. The molecule has 1 saturated carbocycles. The minimum Gasteiger partial charge on any atom is -0.472 e. The van der Waals surface area contributed by atoms with Gasteiger partial charge in [-0.3, -0.25) is 4.79 Å². The maximum Gasteiger partial charge on any atom is 0.248 e. The highest BCUT2D eigenvalue weighted by Crippen LogP contribution is 2.42. The van der Waals surface area contributed by atoms with Gasteiger partial charge in [0.2, 0.25) is 11.8 Å². The van der Waals surface area contributed by atoms with Crippen molar-refractivity contribution in [3.8, 4) is 5.88 Å². The molecule has 2 N–H and O–H groups in total. The van der Waals surface area contributed by atoms with Crippen molar-refractivity contribution in [2.75, 3.05) is 5.01 Å². The Labute approximate surface area is 190 Å².